The molecule has 0 aromatic heterocycles. The van der Waals surface area contributed by atoms with Gasteiger partial charge in [-0.25, -0.2) is 0 Å². The zero-order valence-corrected chi connectivity index (χ0v) is 13.4. The van der Waals surface area contributed by atoms with Gasteiger partial charge in [0.15, 0.2) is 0 Å². The second-order valence-electron chi connectivity index (χ2n) is 5.46. The molecular formula is C15H28N2O4. The van der Waals surface area contributed by atoms with Crippen molar-refractivity contribution in [2.45, 2.75) is 39.2 Å². The summed E-state index contributed by atoms with van der Waals surface area (Å²) < 4.78 is 10.3. The minimum atomic E-state index is -0.389. The number of nitrogens with zero attached hydrogens (tertiary/aromatic N) is 1. The van der Waals surface area contributed by atoms with Crippen LogP contribution >= 0.6 is 0 Å². The third-order valence-electron chi connectivity index (χ3n) is 3.86. The summed E-state index contributed by atoms with van der Waals surface area (Å²) in [5.41, 5.74) is 0. The van der Waals surface area contributed by atoms with Gasteiger partial charge in [-0.1, -0.05) is 20.3 Å². The Morgan fingerprint density at radius 1 is 1.33 bits per heavy atom. The van der Waals surface area contributed by atoms with Gasteiger partial charge in [0.2, 0.25) is 11.8 Å². The van der Waals surface area contributed by atoms with Crippen molar-refractivity contribution >= 4 is 11.8 Å². The lowest BCUT2D eigenvalue weighted by molar-refractivity contribution is -0.135. The van der Waals surface area contributed by atoms with Crippen molar-refractivity contribution in [3.05, 3.63) is 0 Å². The van der Waals surface area contributed by atoms with E-state index < -0.39 is 0 Å². The van der Waals surface area contributed by atoms with Crippen molar-refractivity contribution in [2.75, 3.05) is 40.0 Å². The maximum Gasteiger partial charge on any atom is 0.245 e. The van der Waals surface area contributed by atoms with Crippen molar-refractivity contribution in [2.24, 2.45) is 5.92 Å². The molecule has 2 amide bonds. The van der Waals surface area contributed by atoms with Gasteiger partial charge in [-0.15, -0.1) is 0 Å². The van der Waals surface area contributed by atoms with Crippen molar-refractivity contribution < 1.29 is 19.1 Å². The molecule has 0 aliphatic carbocycles. The Hall–Kier alpha value is -1.14. The first-order chi connectivity index (χ1) is 10.1. The lowest BCUT2D eigenvalue weighted by Crippen LogP contribution is -2.48. The number of hydrogen-bond donors (Lipinski definition) is 1. The average Bonchev–Trinajstić information content (AvgIpc) is 2.62. The molecule has 1 aliphatic rings. The minimum absolute atomic E-state index is 0.0343. The predicted octanol–water partition coefficient (Wildman–Crippen LogP) is 0.803. The Labute approximate surface area is 127 Å². The lowest BCUT2D eigenvalue weighted by Gasteiger charge is -2.27. The van der Waals surface area contributed by atoms with E-state index in [0.717, 1.165) is 12.8 Å². The first-order valence-corrected chi connectivity index (χ1v) is 7.75. The summed E-state index contributed by atoms with van der Waals surface area (Å²) in [7, 11) is 1.64. The highest BCUT2D eigenvalue weighted by atomic mass is 16.5. The van der Waals surface area contributed by atoms with Gasteiger partial charge in [0.1, 0.15) is 6.04 Å². The summed E-state index contributed by atoms with van der Waals surface area (Å²) >= 11 is 0. The molecule has 1 heterocycles. The van der Waals surface area contributed by atoms with Crippen LogP contribution in [0.5, 0.6) is 0 Å². The van der Waals surface area contributed by atoms with E-state index in [9.17, 15) is 9.59 Å². The molecule has 0 aromatic carbocycles. The summed E-state index contributed by atoms with van der Waals surface area (Å²) in [6, 6.07) is -0.389. The van der Waals surface area contributed by atoms with Crippen LogP contribution in [0.1, 0.15) is 33.1 Å². The number of rotatable bonds is 9. The van der Waals surface area contributed by atoms with Crippen LogP contribution in [0.4, 0.5) is 0 Å². The zero-order valence-electron chi connectivity index (χ0n) is 13.4. The molecular weight excluding hydrogens is 272 g/mol. The Morgan fingerprint density at radius 2 is 2.10 bits per heavy atom. The number of carbonyl (C=O) groups is 2. The fraction of sp³-hybridized carbons (Fsp3) is 0.867. The van der Waals surface area contributed by atoms with Gasteiger partial charge in [0.25, 0.3) is 0 Å². The molecule has 0 aromatic rings. The molecule has 2 atom stereocenters. The Morgan fingerprint density at radius 3 is 2.76 bits per heavy atom. The summed E-state index contributed by atoms with van der Waals surface area (Å²) in [4.78, 5) is 26.0. The second kappa shape index (κ2) is 9.73. The van der Waals surface area contributed by atoms with Gasteiger partial charge >= 0.3 is 0 Å². The number of hydrogen-bond acceptors (Lipinski definition) is 4. The van der Waals surface area contributed by atoms with Crippen molar-refractivity contribution in [3.63, 3.8) is 0 Å². The van der Waals surface area contributed by atoms with Crippen LogP contribution in [-0.4, -0.2) is 62.8 Å². The molecule has 1 fully saturated rings. The standard InChI is InChI=1S/C15H28N2O4/c1-4-12(2)14-15(19)17(8-6-13(18)16-14)7-5-9-21-11-10-20-3/h12,14H,4-11H2,1-3H3,(H,16,18). The molecule has 2 unspecified atom stereocenters. The van der Waals surface area contributed by atoms with Crippen LogP contribution in [-0.2, 0) is 19.1 Å². The molecule has 122 valence electrons. The first-order valence-electron chi connectivity index (χ1n) is 7.75. The van der Waals surface area contributed by atoms with Crippen LogP contribution in [0.2, 0.25) is 0 Å². The Bertz CT molecular complexity index is 336. The van der Waals surface area contributed by atoms with Gasteiger partial charge in [-0.05, 0) is 12.3 Å². The molecule has 1 aliphatic heterocycles. The summed E-state index contributed by atoms with van der Waals surface area (Å²) in [6.07, 6.45) is 2.02. The number of methoxy groups -OCH3 is 1. The van der Waals surface area contributed by atoms with E-state index in [2.05, 4.69) is 5.32 Å². The highest BCUT2D eigenvalue weighted by Crippen LogP contribution is 2.14. The van der Waals surface area contributed by atoms with Gasteiger partial charge in [0.05, 0.1) is 13.2 Å². The fourth-order valence-electron chi connectivity index (χ4n) is 2.30. The molecule has 0 saturated carbocycles. The van der Waals surface area contributed by atoms with E-state index in [4.69, 9.17) is 9.47 Å². The molecule has 6 nitrogen and oxygen atoms in total. The molecule has 6 heteroatoms. The lowest BCUT2D eigenvalue weighted by atomic mass is 9.98. The van der Waals surface area contributed by atoms with Crippen LogP contribution < -0.4 is 5.32 Å². The Balaban J connectivity index is 2.44. The average molecular weight is 300 g/mol. The number of carbonyl (C=O) groups excluding carboxylic acids is 2. The van der Waals surface area contributed by atoms with E-state index in [0.29, 0.717) is 39.3 Å². The number of amides is 2. The molecule has 0 bridgehead atoms. The largest absolute Gasteiger partial charge is 0.382 e. The molecule has 0 radical (unpaired) electrons. The van der Waals surface area contributed by atoms with E-state index in [1.165, 1.54) is 0 Å². The predicted molar refractivity (Wildman–Crippen MR) is 79.9 cm³/mol. The summed E-state index contributed by atoms with van der Waals surface area (Å²) in [5, 5.41) is 2.85. The van der Waals surface area contributed by atoms with Crippen molar-refractivity contribution in [3.8, 4) is 0 Å². The topological polar surface area (TPSA) is 67.9 Å². The second-order valence-corrected chi connectivity index (χ2v) is 5.46. The van der Waals surface area contributed by atoms with E-state index in [1.807, 2.05) is 13.8 Å². The molecule has 1 N–H and O–H groups in total. The fourth-order valence-corrected chi connectivity index (χ4v) is 2.30. The van der Waals surface area contributed by atoms with Gasteiger partial charge in [-0.2, -0.15) is 0 Å². The maximum absolute atomic E-state index is 12.5. The van der Waals surface area contributed by atoms with E-state index in [-0.39, 0.29) is 23.8 Å². The third-order valence-corrected chi connectivity index (χ3v) is 3.86. The zero-order chi connectivity index (χ0) is 15.7. The van der Waals surface area contributed by atoms with E-state index >= 15 is 0 Å². The maximum atomic E-state index is 12.5. The number of nitrogens with one attached hydrogen (secondary N) is 1. The highest BCUT2D eigenvalue weighted by molar-refractivity contribution is 5.90. The molecule has 1 rings (SSSR count). The Kier molecular flexibility index (Phi) is 8.30. The summed E-state index contributed by atoms with van der Waals surface area (Å²) in [5.74, 6) is 0.152. The van der Waals surface area contributed by atoms with Crippen molar-refractivity contribution in [1.29, 1.82) is 0 Å². The van der Waals surface area contributed by atoms with Crippen molar-refractivity contribution in [1.82, 2.24) is 10.2 Å². The van der Waals surface area contributed by atoms with Gasteiger partial charge in [0, 0.05) is 33.2 Å². The SMILES string of the molecule is CCC(C)C1NC(=O)CCN(CCCOCCOC)C1=O. The van der Waals surface area contributed by atoms with Gasteiger partial charge in [-0.3, -0.25) is 9.59 Å². The van der Waals surface area contributed by atoms with E-state index in [1.54, 1.807) is 12.0 Å². The van der Waals surface area contributed by atoms with Gasteiger partial charge < -0.3 is 19.7 Å². The molecule has 0 spiro atoms. The van der Waals surface area contributed by atoms with Crippen LogP contribution in [0.15, 0.2) is 0 Å². The van der Waals surface area contributed by atoms with Crippen LogP contribution in [0.25, 0.3) is 0 Å². The summed E-state index contributed by atoms with van der Waals surface area (Å²) in [6.45, 7) is 6.91. The smallest absolute Gasteiger partial charge is 0.245 e. The van der Waals surface area contributed by atoms with Crippen LogP contribution in [0.3, 0.4) is 0 Å². The van der Waals surface area contributed by atoms with Crippen LogP contribution in [0, 0.1) is 5.92 Å². The third kappa shape index (κ3) is 6.01. The first kappa shape index (κ1) is 17.9. The highest BCUT2D eigenvalue weighted by Gasteiger charge is 2.32. The normalized spacial score (nSPS) is 21.1. The monoisotopic (exact) mass is 300 g/mol. The number of ether oxygens (including phenoxy) is 2. The minimum Gasteiger partial charge on any atom is -0.382 e. The molecule has 1 saturated heterocycles. The molecule has 21 heavy (non-hydrogen) atoms. The quantitative estimate of drug-likeness (QED) is 0.640.